The van der Waals surface area contributed by atoms with Gasteiger partial charge in [-0.3, -0.25) is 4.99 Å². The first kappa shape index (κ1) is 17.5. The maximum Gasteiger partial charge on any atom is 0.227 e. The monoisotopic (exact) mass is 384 g/mol. The van der Waals surface area contributed by atoms with E-state index in [1.807, 2.05) is 55.0 Å². The van der Waals surface area contributed by atoms with Gasteiger partial charge in [0.2, 0.25) is 5.95 Å². The van der Waals surface area contributed by atoms with Gasteiger partial charge in [-0.15, -0.1) is 0 Å². The molecular formula is C22H20N6O. The zero-order chi connectivity index (χ0) is 19.6. The lowest BCUT2D eigenvalue weighted by Crippen LogP contribution is -2.29. The van der Waals surface area contributed by atoms with Crippen LogP contribution in [0.2, 0.25) is 0 Å². The first-order valence-electron chi connectivity index (χ1n) is 9.57. The normalized spacial score (nSPS) is 18.8. The van der Waals surface area contributed by atoms with Crippen LogP contribution >= 0.6 is 0 Å². The summed E-state index contributed by atoms with van der Waals surface area (Å²) in [4.78, 5) is 18.2. The molecule has 29 heavy (non-hydrogen) atoms. The van der Waals surface area contributed by atoms with Crippen molar-refractivity contribution >= 4 is 23.7 Å². The van der Waals surface area contributed by atoms with Gasteiger partial charge in [-0.1, -0.05) is 18.2 Å². The van der Waals surface area contributed by atoms with Crippen LogP contribution in [0.25, 0.3) is 11.3 Å². The Bertz CT molecular complexity index is 1110. The van der Waals surface area contributed by atoms with Crippen molar-refractivity contribution in [2.45, 2.75) is 18.4 Å². The van der Waals surface area contributed by atoms with Gasteiger partial charge in [0.05, 0.1) is 11.7 Å². The molecular weight excluding hydrogens is 364 g/mol. The largest absolute Gasteiger partial charge is 0.396 e. The summed E-state index contributed by atoms with van der Waals surface area (Å²) in [5.41, 5.74) is 4.78. The lowest BCUT2D eigenvalue weighted by atomic mass is 9.90. The predicted octanol–water partition coefficient (Wildman–Crippen LogP) is 3.29. The number of nitrogens with zero attached hydrogens (tertiary/aromatic N) is 4. The van der Waals surface area contributed by atoms with Crippen LogP contribution in [0.15, 0.2) is 66.1 Å². The molecule has 3 aromatic rings. The molecule has 5 rings (SSSR count). The molecule has 4 heterocycles. The number of fused-ring (bicyclic) bond motifs is 5. The Kier molecular flexibility index (Phi) is 4.50. The number of aliphatic hydroxyl groups excluding tert-OH is 1. The summed E-state index contributed by atoms with van der Waals surface area (Å²) >= 11 is 0. The van der Waals surface area contributed by atoms with Crippen molar-refractivity contribution < 1.29 is 5.11 Å². The van der Waals surface area contributed by atoms with Crippen molar-refractivity contribution in [3.8, 4) is 11.3 Å². The molecule has 0 radical (unpaired) electrons. The van der Waals surface area contributed by atoms with E-state index in [0.29, 0.717) is 12.4 Å². The number of pyridine rings is 1. The van der Waals surface area contributed by atoms with Crippen LogP contribution in [0.1, 0.15) is 17.0 Å². The zero-order valence-electron chi connectivity index (χ0n) is 15.7. The number of nitrogens with one attached hydrogen (secondary N) is 2. The van der Waals surface area contributed by atoms with Gasteiger partial charge < -0.3 is 15.7 Å². The minimum atomic E-state index is 0.00692. The molecule has 2 unspecified atom stereocenters. The topological polar surface area (TPSA) is 95.3 Å². The molecule has 0 saturated carbocycles. The molecule has 144 valence electrons. The summed E-state index contributed by atoms with van der Waals surface area (Å²) in [6, 6.07) is 11.8. The third-order valence-electron chi connectivity index (χ3n) is 5.14. The number of hydrogen-bond donors (Lipinski definition) is 3. The number of hydrogen-bond acceptors (Lipinski definition) is 7. The van der Waals surface area contributed by atoms with Crippen LogP contribution in [0.5, 0.6) is 0 Å². The molecule has 0 aliphatic carbocycles. The van der Waals surface area contributed by atoms with E-state index >= 15 is 0 Å². The van der Waals surface area contributed by atoms with E-state index in [1.165, 1.54) is 0 Å². The Morgan fingerprint density at radius 2 is 2.10 bits per heavy atom. The molecule has 0 amide bonds. The Balaban J connectivity index is 1.56. The fourth-order valence-electron chi connectivity index (χ4n) is 3.76. The number of aliphatic hydroxyl groups is 1. The molecule has 1 aromatic carbocycles. The van der Waals surface area contributed by atoms with Crippen LogP contribution < -0.4 is 10.6 Å². The molecule has 0 bridgehead atoms. The maximum absolute atomic E-state index is 9.18. The van der Waals surface area contributed by atoms with Crippen LogP contribution in [0.3, 0.4) is 0 Å². The smallest absolute Gasteiger partial charge is 0.227 e. The quantitative estimate of drug-likeness (QED) is 0.639. The molecule has 2 aliphatic rings. The maximum atomic E-state index is 9.18. The fourth-order valence-corrected chi connectivity index (χ4v) is 3.76. The average molecular weight is 384 g/mol. The number of aromatic nitrogens is 3. The Hall–Kier alpha value is -3.58. The second kappa shape index (κ2) is 7.44. The molecule has 3 N–H and O–H groups in total. The molecule has 0 saturated heterocycles. The number of benzene rings is 1. The summed E-state index contributed by atoms with van der Waals surface area (Å²) < 4.78 is 0. The SMILES string of the molecule is OCCc1cccc(Nc2ncc3c(n2)-c2cccnc2NC2C=NC=CC32)c1. The minimum absolute atomic E-state index is 0.00692. The highest BCUT2D eigenvalue weighted by Gasteiger charge is 2.30. The van der Waals surface area contributed by atoms with E-state index in [4.69, 9.17) is 4.98 Å². The van der Waals surface area contributed by atoms with Crippen molar-refractivity contribution in [3.05, 3.63) is 72.2 Å². The standard InChI is InChI=1S/C22H20N6O/c29-10-7-14-3-1-4-15(11-14)26-22-25-12-18-16-6-9-23-13-19(16)27-21-17(20(18)28-22)5-2-8-24-21/h1-6,8-9,11-13,16,19,29H,7,10H2,(H,24,27)(H,25,26,28). The molecule has 7 nitrogen and oxygen atoms in total. The highest BCUT2D eigenvalue weighted by molar-refractivity contribution is 5.84. The highest BCUT2D eigenvalue weighted by atomic mass is 16.2. The molecule has 2 aromatic heterocycles. The number of aliphatic imine (C=N–C) groups is 1. The van der Waals surface area contributed by atoms with Crippen molar-refractivity contribution in [2.75, 3.05) is 17.2 Å². The molecule has 7 heteroatoms. The molecule has 0 fully saturated rings. The average Bonchev–Trinajstić information content (AvgIpc) is 2.89. The molecule has 2 aliphatic heterocycles. The van der Waals surface area contributed by atoms with E-state index in [9.17, 15) is 5.11 Å². The van der Waals surface area contributed by atoms with E-state index < -0.39 is 0 Å². The Morgan fingerprint density at radius 3 is 3.03 bits per heavy atom. The lowest BCUT2D eigenvalue weighted by Gasteiger charge is -2.23. The van der Waals surface area contributed by atoms with Crippen LogP contribution in [0, 0.1) is 0 Å². The van der Waals surface area contributed by atoms with Gasteiger partial charge in [0.25, 0.3) is 0 Å². The third kappa shape index (κ3) is 3.36. The van der Waals surface area contributed by atoms with Gasteiger partial charge >= 0.3 is 0 Å². The van der Waals surface area contributed by atoms with Crippen LogP contribution in [-0.2, 0) is 6.42 Å². The third-order valence-corrected chi connectivity index (χ3v) is 5.14. The minimum Gasteiger partial charge on any atom is -0.396 e. The van der Waals surface area contributed by atoms with Gasteiger partial charge in [0.1, 0.15) is 5.82 Å². The molecule has 2 atom stereocenters. The van der Waals surface area contributed by atoms with Crippen molar-refractivity contribution in [3.63, 3.8) is 0 Å². The van der Waals surface area contributed by atoms with Crippen molar-refractivity contribution in [2.24, 2.45) is 4.99 Å². The second-order valence-electron chi connectivity index (χ2n) is 7.03. The van der Waals surface area contributed by atoms with Crippen LogP contribution in [-0.4, -0.2) is 38.9 Å². The van der Waals surface area contributed by atoms with Gasteiger partial charge in [-0.2, -0.15) is 0 Å². The van der Waals surface area contributed by atoms with Gasteiger partial charge in [-0.25, -0.2) is 15.0 Å². The van der Waals surface area contributed by atoms with Gasteiger partial charge in [-0.05, 0) is 36.2 Å². The lowest BCUT2D eigenvalue weighted by molar-refractivity contribution is 0.299. The summed E-state index contributed by atoms with van der Waals surface area (Å²) in [5.74, 6) is 1.39. The van der Waals surface area contributed by atoms with E-state index in [-0.39, 0.29) is 18.6 Å². The van der Waals surface area contributed by atoms with Crippen molar-refractivity contribution in [1.29, 1.82) is 0 Å². The first-order valence-corrected chi connectivity index (χ1v) is 9.57. The first-order chi connectivity index (χ1) is 14.3. The Labute approximate surface area is 168 Å². The molecule has 0 spiro atoms. The summed E-state index contributed by atoms with van der Waals surface area (Å²) in [6.07, 6.45) is 10.0. The summed E-state index contributed by atoms with van der Waals surface area (Å²) in [5, 5.41) is 15.9. The second-order valence-corrected chi connectivity index (χ2v) is 7.03. The van der Waals surface area contributed by atoms with Crippen LogP contribution in [0.4, 0.5) is 17.5 Å². The summed E-state index contributed by atoms with van der Waals surface area (Å²) in [6.45, 7) is 0.120. The highest BCUT2D eigenvalue weighted by Crippen LogP contribution is 2.39. The zero-order valence-corrected chi connectivity index (χ0v) is 15.7. The number of anilines is 3. The van der Waals surface area contributed by atoms with Gasteiger partial charge in [0.15, 0.2) is 0 Å². The summed E-state index contributed by atoms with van der Waals surface area (Å²) in [7, 11) is 0. The van der Waals surface area contributed by atoms with E-state index in [1.54, 1.807) is 6.20 Å². The van der Waals surface area contributed by atoms with E-state index in [0.717, 1.165) is 33.9 Å². The Morgan fingerprint density at radius 1 is 1.14 bits per heavy atom. The van der Waals surface area contributed by atoms with Gasteiger partial charge in [0, 0.05) is 54.1 Å². The fraction of sp³-hybridized carbons (Fsp3) is 0.182. The van der Waals surface area contributed by atoms with Crippen molar-refractivity contribution in [1.82, 2.24) is 15.0 Å². The predicted molar refractivity (Wildman–Crippen MR) is 114 cm³/mol. The van der Waals surface area contributed by atoms with E-state index in [2.05, 4.69) is 31.7 Å². The number of rotatable bonds is 4.